The predicted octanol–water partition coefficient (Wildman–Crippen LogP) is 2.90. The molecule has 3 N–H and O–H groups in total. The molecule has 0 aromatic heterocycles. The first kappa shape index (κ1) is 37.5. The highest BCUT2D eigenvalue weighted by Crippen LogP contribution is 2.65. The monoisotopic (exact) mass is 666 g/mol. The van der Waals surface area contributed by atoms with Gasteiger partial charge in [-0.1, -0.05) is 39.2 Å². The molecule has 3 unspecified atom stereocenters. The molecule has 3 aliphatic rings. The molecule has 0 aromatic rings. The van der Waals surface area contributed by atoms with Crippen molar-refractivity contribution in [1.29, 1.82) is 0 Å². The number of ketones is 1. The minimum Gasteiger partial charge on any atom is -0.444 e. The molecule has 5 atom stereocenters. The van der Waals surface area contributed by atoms with E-state index >= 15 is 0 Å². The second-order valence-corrected chi connectivity index (χ2v) is 18.4. The zero-order chi connectivity index (χ0) is 34.8. The van der Waals surface area contributed by atoms with Crippen LogP contribution < -0.4 is 16.0 Å². The third-order valence-electron chi connectivity index (χ3n) is 9.67. The average Bonchev–Trinajstić information content (AvgIpc) is 3.26. The maximum atomic E-state index is 14.2. The number of nitrogens with zero attached hydrogens (tertiary/aromatic N) is 1. The molecular formula is C33H54N4O8S. The Morgan fingerprint density at radius 3 is 2.15 bits per heavy atom. The first-order chi connectivity index (χ1) is 21.1. The van der Waals surface area contributed by atoms with Crippen LogP contribution in [0.2, 0.25) is 0 Å². The van der Waals surface area contributed by atoms with Crippen molar-refractivity contribution in [2.24, 2.45) is 23.2 Å². The van der Waals surface area contributed by atoms with E-state index in [4.69, 9.17) is 4.74 Å². The van der Waals surface area contributed by atoms with Gasteiger partial charge in [0.1, 0.15) is 23.7 Å². The fraction of sp³-hybridized carbons (Fsp3) is 0.788. The lowest BCUT2D eigenvalue weighted by Crippen LogP contribution is -2.59. The number of carbonyl (C=O) groups excluding carboxylic acids is 5. The second kappa shape index (κ2) is 14.0. The Bertz CT molecular complexity index is 1310. The molecule has 260 valence electrons. The van der Waals surface area contributed by atoms with Gasteiger partial charge < -0.3 is 25.6 Å². The van der Waals surface area contributed by atoms with Crippen LogP contribution in [0.4, 0.5) is 4.79 Å². The summed E-state index contributed by atoms with van der Waals surface area (Å²) >= 11 is 0. The fourth-order valence-corrected chi connectivity index (χ4v) is 7.76. The molecule has 2 aliphatic carbocycles. The summed E-state index contributed by atoms with van der Waals surface area (Å²) in [6, 6.07) is -3.03. The molecule has 0 spiro atoms. The molecule has 0 aromatic carbocycles. The molecular weight excluding hydrogens is 612 g/mol. The highest BCUT2D eigenvalue weighted by molar-refractivity contribution is 7.92. The van der Waals surface area contributed by atoms with E-state index in [-0.39, 0.29) is 47.8 Å². The summed E-state index contributed by atoms with van der Waals surface area (Å²) in [4.78, 5) is 68.5. The Morgan fingerprint density at radius 2 is 1.61 bits per heavy atom. The molecule has 12 nitrogen and oxygen atoms in total. The number of Topliss-reactive ketones (excluding diaryl/α,β-unsaturated/α-hetero) is 1. The van der Waals surface area contributed by atoms with Gasteiger partial charge in [0, 0.05) is 13.1 Å². The van der Waals surface area contributed by atoms with Gasteiger partial charge in [-0.2, -0.15) is 0 Å². The molecule has 4 amide bonds. The number of piperidine rings is 1. The molecule has 2 saturated carbocycles. The van der Waals surface area contributed by atoms with Gasteiger partial charge in [-0.25, -0.2) is 13.2 Å². The first-order valence-electron chi connectivity index (χ1n) is 16.4. The number of alkyl carbamates (subject to hydrolysis) is 1. The summed E-state index contributed by atoms with van der Waals surface area (Å²) in [5, 5.41) is 7.88. The normalized spacial score (nSPS) is 24.2. The number of rotatable bonds is 12. The lowest BCUT2D eigenvalue weighted by Gasteiger charge is -2.37. The first-order valence-corrected chi connectivity index (χ1v) is 18.0. The average molecular weight is 667 g/mol. The van der Waals surface area contributed by atoms with E-state index in [1.807, 2.05) is 13.8 Å². The molecule has 1 heterocycles. The second-order valence-electron chi connectivity index (χ2n) is 15.5. The molecule has 13 heteroatoms. The van der Waals surface area contributed by atoms with Crippen LogP contribution in [0.5, 0.6) is 0 Å². The zero-order valence-corrected chi connectivity index (χ0v) is 29.6. The van der Waals surface area contributed by atoms with Crippen molar-refractivity contribution in [3.8, 4) is 0 Å². The van der Waals surface area contributed by atoms with Crippen LogP contribution in [-0.4, -0.2) is 90.2 Å². The van der Waals surface area contributed by atoms with Crippen molar-refractivity contribution < 1.29 is 37.1 Å². The van der Waals surface area contributed by atoms with Gasteiger partial charge in [-0.05, 0) is 84.0 Å². The van der Waals surface area contributed by atoms with E-state index in [0.29, 0.717) is 6.54 Å². The third-order valence-corrected chi connectivity index (χ3v) is 12.3. The summed E-state index contributed by atoms with van der Waals surface area (Å²) in [6.45, 7) is 17.7. The van der Waals surface area contributed by atoms with Gasteiger partial charge >= 0.3 is 6.09 Å². The molecule has 3 rings (SSSR count). The van der Waals surface area contributed by atoms with Crippen LogP contribution in [0, 0.1) is 23.2 Å². The van der Waals surface area contributed by atoms with E-state index in [1.54, 1.807) is 41.5 Å². The molecule has 0 radical (unpaired) electrons. The number of fused-ring (bicyclic) bond motifs is 1. The number of hydrogen-bond acceptors (Lipinski definition) is 8. The Morgan fingerprint density at radius 1 is 1.00 bits per heavy atom. The lowest BCUT2D eigenvalue weighted by atomic mass is 9.83. The SMILES string of the molecule is C=CCC(NC(=O)[C@@H]1[C@@H]2C(CN1C(=O)C(NC(=O)OC(C)(C)C)C1CCCCC1)C2(C)C)C(=O)C(=O)NCCS(=O)(=O)C(C)(C)C. The highest BCUT2D eigenvalue weighted by atomic mass is 32.2. The molecule has 1 aliphatic heterocycles. The Labute approximate surface area is 274 Å². The molecule has 1 saturated heterocycles. The number of likely N-dealkylation sites (tertiary alicyclic amines) is 1. The van der Waals surface area contributed by atoms with Crippen LogP contribution >= 0.6 is 0 Å². The van der Waals surface area contributed by atoms with E-state index in [1.165, 1.54) is 11.0 Å². The third kappa shape index (κ3) is 8.68. The quantitative estimate of drug-likeness (QED) is 0.211. The topological polar surface area (TPSA) is 168 Å². The zero-order valence-electron chi connectivity index (χ0n) is 28.7. The summed E-state index contributed by atoms with van der Waals surface area (Å²) in [5.74, 6) is -3.42. The van der Waals surface area contributed by atoms with Gasteiger partial charge in [0.25, 0.3) is 5.91 Å². The van der Waals surface area contributed by atoms with Crippen molar-refractivity contribution in [3.63, 3.8) is 0 Å². The van der Waals surface area contributed by atoms with Crippen LogP contribution in [0.1, 0.15) is 93.9 Å². The van der Waals surface area contributed by atoms with E-state index in [0.717, 1.165) is 32.1 Å². The van der Waals surface area contributed by atoms with Crippen molar-refractivity contribution in [3.05, 3.63) is 12.7 Å². The molecule has 46 heavy (non-hydrogen) atoms. The Kier molecular flexibility index (Phi) is 11.4. The number of ether oxygens (including phenoxy) is 1. The minimum absolute atomic E-state index is 0.0403. The predicted molar refractivity (Wildman–Crippen MR) is 174 cm³/mol. The van der Waals surface area contributed by atoms with Crippen LogP contribution in [-0.2, 0) is 33.8 Å². The van der Waals surface area contributed by atoms with Crippen molar-refractivity contribution in [1.82, 2.24) is 20.9 Å². The van der Waals surface area contributed by atoms with Crippen LogP contribution in [0.3, 0.4) is 0 Å². The smallest absolute Gasteiger partial charge is 0.408 e. The van der Waals surface area contributed by atoms with Gasteiger partial charge in [0.05, 0.1) is 10.5 Å². The van der Waals surface area contributed by atoms with Gasteiger partial charge in [-0.15, -0.1) is 6.58 Å². The van der Waals surface area contributed by atoms with E-state index in [2.05, 4.69) is 22.5 Å². The maximum absolute atomic E-state index is 14.2. The van der Waals surface area contributed by atoms with Crippen molar-refractivity contribution in [2.75, 3.05) is 18.8 Å². The van der Waals surface area contributed by atoms with Gasteiger partial charge in [-0.3, -0.25) is 19.2 Å². The summed E-state index contributed by atoms with van der Waals surface area (Å²) in [5.41, 5.74) is -0.975. The molecule has 0 bridgehead atoms. The van der Waals surface area contributed by atoms with Crippen molar-refractivity contribution >= 4 is 39.4 Å². The van der Waals surface area contributed by atoms with E-state index < -0.39 is 62.0 Å². The number of nitrogens with one attached hydrogen (secondary N) is 3. The summed E-state index contributed by atoms with van der Waals surface area (Å²) in [7, 11) is -3.52. The number of amides is 4. The lowest BCUT2D eigenvalue weighted by molar-refractivity contribution is -0.145. The largest absolute Gasteiger partial charge is 0.444 e. The Balaban J connectivity index is 1.78. The highest BCUT2D eigenvalue weighted by Gasteiger charge is 2.69. The maximum Gasteiger partial charge on any atom is 0.408 e. The number of sulfone groups is 1. The fourth-order valence-electron chi connectivity index (χ4n) is 6.78. The van der Waals surface area contributed by atoms with Gasteiger partial charge in [0.2, 0.25) is 17.6 Å². The summed E-state index contributed by atoms with van der Waals surface area (Å²) < 4.78 is 29.3. The van der Waals surface area contributed by atoms with Crippen LogP contribution in [0.25, 0.3) is 0 Å². The van der Waals surface area contributed by atoms with Crippen molar-refractivity contribution in [2.45, 2.75) is 122 Å². The Hall–Kier alpha value is -2.96. The van der Waals surface area contributed by atoms with Crippen LogP contribution in [0.15, 0.2) is 12.7 Å². The van der Waals surface area contributed by atoms with E-state index in [9.17, 15) is 32.4 Å². The summed E-state index contributed by atoms with van der Waals surface area (Å²) in [6.07, 6.45) is 5.11. The minimum atomic E-state index is -3.52. The number of hydrogen-bond donors (Lipinski definition) is 3. The van der Waals surface area contributed by atoms with Gasteiger partial charge in [0.15, 0.2) is 9.84 Å². The number of carbonyl (C=O) groups is 5. The standard InChI is InChI=1S/C33H54N4O8S/c1-10-14-22(26(38)28(40)34-17-18-46(43,44)32(5,6)7)35-27(39)25-23-21(33(23,8)9)19-37(25)29(41)24(20-15-12-11-13-16-20)36-30(42)45-31(2,3)4/h10,20-25H,1,11-19H2,2-9H3,(H,34,40)(H,35,39)(H,36,42)/t21?,22?,23-,24?,25-/m0/s1. The molecule has 3 fully saturated rings.